The van der Waals surface area contributed by atoms with Crippen molar-refractivity contribution < 1.29 is 32.6 Å². The quantitative estimate of drug-likeness (QED) is 0.892. The summed E-state index contributed by atoms with van der Waals surface area (Å²) in [5, 5.41) is 11.6. The maximum Gasteiger partial charge on any atom is 0.573 e. The SMILES string of the molecule is CC1(C(=O)O)CCN(C(=O)Nc2cccc(OC(F)(F)F)c2)C1. The first-order valence-electron chi connectivity index (χ1n) is 6.74. The highest BCUT2D eigenvalue weighted by Gasteiger charge is 2.42. The normalized spacial score (nSPS) is 21.1. The molecule has 0 aliphatic carbocycles. The molecule has 1 saturated heterocycles. The molecule has 6 nitrogen and oxygen atoms in total. The molecule has 1 atom stereocenters. The largest absolute Gasteiger partial charge is 0.573 e. The van der Waals surface area contributed by atoms with E-state index in [9.17, 15) is 22.8 Å². The maximum atomic E-state index is 12.2. The van der Waals surface area contributed by atoms with E-state index in [0.29, 0.717) is 6.42 Å². The Labute approximate surface area is 129 Å². The number of aliphatic carboxylic acids is 1. The number of likely N-dealkylation sites (tertiary alicyclic amines) is 1. The number of benzene rings is 1. The van der Waals surface area contributed by atoms with Gasteiger partial charge in [0.25, 0.3) is 0 Å². The fourth-order valence-corrected chi connectivity index (χ4v) is 2.28. The number of amides is 2. The number of carbonyl (C=O) groups excluding carboxylic acids is 1. The van der Waals surface area contributed by atoms with Gasteiger partial charge in [0.2, 0.25) is 0 Å². The highest BCUT2D eigenvalue weighted by molar-refractivity contribution is 5.90. The number of halogens is 3. The van der Waals surface area contributed by atoms with E-state index in [1.807, 2.05) is 0 Å². The molecule has 0 saturated carbocycles. The second-order valence-electron chi connectivity index (χ2n) is 5.54. The van der Waals surface area contributed by atoms with Crippen LogP contribution in [0.1, 0.15) is 13.3 Å². The van der Waals surface area contributed by atoms with Crippen LogP contribution in [0.25, 0.3) is 0 Å². The number of rotatable bonds is 3. The predicted octanol–water partition coefficient (Wildman–Crippen LogP) is 2.91. The fraction of sp³-hybridized carbons (Fsp3) is 0.429. The van der Waals surface area contributed by atoms with Crippen molar-refractivity contribution in [2.45, 2.75) is 19.7 Å². The van der Waals surface area contributed by atoms with Crippen LogP contribution in [0.5, 0.6) is 5.75 Å². The Bertz CT molecular complexity index is 620. The fourth-order valence-electron chi connectivity index (χ4n) is 2.28. The van der Waals surface area contributed by atoms with E-state index >= 15 is 0 Å². The third-order valence-corrected chi connectivity index (χ3v) is 3.60. The number of ether oxygens (including phenoxy) is 1. The summed E-state index contributed by atoms with van der Waals surface area (Å²) in [6.07, 6.45) is -4.51. The molecule has 0 bridgehead atoms. The lowest BCUT2D eigenvalue weighted by Crippen LogP contribution is -2.37. The number of urea groups is 1. The van der Waals surface area contributed by atoms with E-state index in [2.05, 4.69) is 10.1 Å². The number of carboxylic acid groups (broad SMARTS) is 1. The summed E-state index contributed by atoms with van der Waals surface area (Å²) in [5.41, 5.74) is -0.890. The lowest BCUT2D eigenvalue weighted by atomic mass is 9.90. The van der Waals surface area contributed by atoms with Gasteiger partial charge in [-0.3, -0.25) is 4.79 Å². The molecule has 126 valence electrons. The van der Waals surface area contributed by atoms with E-state index < -0.39 is 29.5 Å². The van der Waals surface area contributed by atoms with E-state index in [4.69, 9.17) is 5.11 Å². The molecule has 2 rings (SSSR count). The predicted molar refractivity (Wildman–Crippen MR) is 74.1 cm³/mol. The van der Waals surface area contributed by atoms with Crippen LogP contribution in [0.15, 0.2) is 24.3 Å². The van der Waals surface area contributed by atoms with Crippen molar-refractivity contribution in [2.24, 2.45) is 5.41 Å². The van der Waals surface area contributed by atoms with Crippen molar-refractivity contribution in [3.63, 3.8) is 0 Å². The van der Waals surface area contributed by atoms with Crippen LogP contribution < -0.4 is 10.1 Å². The molecular formula is C14H15F3N2O4. The Kier molecular flexibility index (Phi) is 4.39. The van der Waals surface area contributed by atoms with Gasteiger partial charge in [0.05, 0.1) is 5.41 Å². The molecule has 1 aliphatic rings. The number of anilines is 1. The molecule has 1 heterocycles. The van der Waals surface area contributed by atoms with Crippen molar-refractivity contribution in [1.29, 1.82) is 0 Å². The van der Waals surface area contributed by atoms with Crippen LogP contribution in [0.3, 0.4) is 0 Å². The Morgan fingerprint density at radius 1 is 1.39 bits per heavy atom. The van der Waals surface area contributed by atoms with Crippen molar-refractivity contribution in [3.8, 4) is 5.75 Å². The Balaban J connectivity index is 2.01. The number of carboxylic acids is 1. The van der Waals surface area contributed by atoms with E-state index in [1.54, 1.807) is 6.92 Å². The van der Waals surface area contributed by atoms with Crippen LogP contribution in [0, 0.1) is 5.41 Å². The molecule has 1 fully saturated rings. The molecule has 0 aromatic heterocycles. The minimum atomic E-state index is -4.82. The maximum absolute atomic E-state index is 12.2. The minimum absolute atomic E-state index is 0.0346. The zero-order valence-corrected chi connectivity index (χ0v) is 12.2. The average Bonchev–Trinajstić information content (AvgIpc) is 2.81. The highest BCUT2D eigenvalue weighted by Crippen LogP contribution is 2.31. The van der Waals surface area contributed by atoms with Crippen LogP contribution in [-0.4, -0.2) is 41.5 Å². The second-order valence-corrected chi connectivity index (χ2v) is 5.54. The molecule has 1 aliphatic heterocycles. The number of carbonyl (C=O) groups is 2. The topological polar surface area (TPSA) is 78.9 Å². The van der Waals surface area contributed by atoms with Crippen LogP contribution in [0.4, 0.5) is 23.7 Å². The summed E-state index contributed by atoms with van der Waals surface area (Å²) in [6.45, 7) is 1.83. The van der Waals surface area contributed by atoms with Crippen molar-refractivity contribution in [1.82, 2.24) is 4.90 Å². The van der Waals surface area contributed by atoms with Gasteiger partial charge in [0, 0.05) is 24.8 Å². The molecule has 1 aromatic rings. The van der Waals surface area contributed by atoms with Gasteiger partial charge < -0.3 is 20.1 Å². The molecule has 0 spiro atoms. The summed E-state index contributed by atoms with van der Waals surface area (Å²) in [7, 11) is 0. The molecule has 1 unspecified atom stereocenters. The summed E-state index contributed by atoms with van der Waals surface area (Å²) in [6, 6.07) is 4.30. The number of nitrogens with one attached hydrogen (secondary N) is 1. The first-order chi connectivity index (χ1) is 10.6. The zero-order chi connectivity index (χ0) is 17.3. The molecular weight excluding hydrogens is 317 g/mol. The Hall–Kier alpha value is -2.45. The highest BCUT2D eigenvalue weighted by atomic mass is 19.4. The van der Waals surface area contributed by atoms with E-state index in [-0.39, 0.29) is 18.8 Å². The van der Waals surface area contributed by atoms with Crippen molar-refractivity contribution >= 4 is 17.7 Å². The standard InChI is InChI=1S/C14H15F3N2O4/c1-13(11(20)21)5-6-19(8-13)12(22)18-9-3-2-4-10(7-9)23-14(15,16)17/h2-4,7H,5-6,8H2,1H3,(H,18,22)(H,20,21). The van der Waals surface area contributed by atoms with Gasteiger partial charge in [0.15, 0.2) is 0 Å². The number of hydrogen-bond acceptors (Lipinski definition) is 3. The first kappa shape index (κ1) is 16.9. The molecule has 0 radical (unpaired) electrons. The average molecular weight is 332 g/mol. The van der Waals surface area contributed by atoms with Gasteiger partial charge in [-0.2, -0.15) is 0 Å². The number of hydrogen-bond donors (Lipinski definition) is 2. The number of nitrogens with zero attached hydrogens (tertiary/aromatic N) is 1. The van der Waals surface area contributed by atoms with Gasteiger partial charge in [-0.1, -0.05) is 6.07 Å². The molecule has 9 heteroatoms. The van der Waals surface area contributed by atoms with E-state index in [1.165, 1.54) is 17.0 Å². The minimum Gasteiger partial charge on any atom is -0.481 e. The summed E-state index contributed by atoms with van der Waals surface area (Å²) >= 11 is 0. The third-order valence-electron chi connectivity index (χ3n) is 3.60. The van der Waals surface area contributed by atoms with Crippen molar-refractivity contribution in [3.05, 3.63) is 24.3 Å². The van der Waals surface area contributed by atoms with Crippen LogP contribution in [0.2, 0.25) is 0 Å². The molecule has 1 aromatic carbocycles. The van der Waals surface area contributed by atoms with Crippen molar-refractivity contribution in [2.75, 3.05) is 18.4 Å². The molecule has 2 N–H and O–H groups in total. The third kappa shape index (κ3) is 4.27. The van der Waals surface area contributed by atoms with Gasteiger partial charge in [-0.25, -0.2) is 4.79 Å². The summed E-state index contributed by atoms with van der Waals surface area (Å²) in [4.78, 5) is 24.5. The summed E-state index contributed by atoms with van der Waals surface area (Å²) in [5.74, 6) is -1.44. The van der Waals surface area contributed by atoms with Gasteiger partial charge in [-0.15, -0.1) is 13.2 Å². The summed E-state index contributed by atoms with van der Waals surface area (Å²) < 4.78 is 40.3. The van der Waals surface area contributed by atoms with Gasteiger partial charge >= 0.3 is 18.4 Å². The van der Waals surface area contributed by atoms with Crippen LogP contribution >= 0.6 is 0 Å². The van der Waals surface area contributed by atoms with Gasteiger partial charge in [0.1, 0.15) is 5.75 Å². The first-order valence-corrected chi connectivity index (χ1v) is 6.74. The van der Waals surface area contributed by atoms with Gasteiger partial charge in [-0.05, 0) is 25.5 Å². The second kappa shape index (κ2) is 5.98. The molecule has 2 amide bonds. The van der Waals surface area contributed by atoms with E-state index in [0.717, 1.165) is 12.1 Å². The number of alkyl halides is 3. The van der Waals surface area contributed by atoms with Crippen LogP contribution in [-0.2, 0) is 4.79 Å². The Morgan fingerprint density at radius 3 is 2.65 bits per heavy atom. The monoisotopic (exact) mass is 332 g/mol. The lowest BCUT2D eigenvalue weighted by Gasteiger charge is -2.20. The zero-order valence-electron chi connectivity index (χ0n) is 12.2. The smallest absolute Gasteiger partial charge is 0.481 e. The molecule has 23 heavy (non-hydrogen) atoms. The lowest BCUT2D eigenvalue weighted by molar-refractivity contribution is -0.274. The Morgan fingerprint density at radius 2 is 2.09 bits per heavy atom.